The Morgan fingerprint density at radius 3 is 2.52 bits per heavy atom. The van der Waals surface area contributed by atoms with Crippen LogP contribution in [0.1, 0.15) is 76.2 Å². The molecule has 3 aliphatic rings. The molecular weight excluding hydrogens is 523 g/mol. The van der Waals surface area contributed by atoms with E-state index < -0.39 is 0 Å². The van der Waals surface area contributed by atoms with Crippen LogP contribution in [0.4, 0.5) is 4.79 Å². The molecule has 1 aromatic carbocycles. The van der Waals surface area contributed by atoms with Crippen LogP contribution in [-0.4, -0.2) is 52.9 Å². The van der Waals surface area contributed by atoms with Gasteiger partial charge in [-0.1, -0.05) is 43.9 Å². The van der Waals surface area contributed by atoms with Gasteiger partial charge in [0.1, 0.15) is 11.4 Å². The van der Waals surface area contributed by atoms with Crippen LogP contribution in [0.5, 0.6) is 0 Å². The van der Waals surface area contributed by atoms with Crippen molar-refractivity contribution in [3.05, 3.63) is 46.1 Å². The van der Waals surface area contributed by atoms with Crippen molar-refractivity contribution in [2.24, 2.45) is 4.99 Å². The Morgan fingerprint density at radius 1 is 1.09 bits per heavy atom. The number of unbranched alkanes of at least 4 members (excludes halogenated alkanes) is 3. The van der Waals surface area contributed by atoms with E-state index in [2.05, 4.69) is 73.5 Å². The van der Waals surface area contributed by atoms with Crippen LogP contribution < -0.4 is 5.32 Å². The van der Waals surface area contributed by atoms with Crippen molar-refractivity contribution in [3.8, 4) is 0 Å². The summed E-state index contributed by atoms with van der Waals surface area (Å²) in [5, 5.41) is 3.78. The minimum absolute atomic E-state index is 0.0249. The van der Waals surface area contributed by atoms with E-state index in [1.807, 2.05) is 6.08 Å². The second kappa shape index (κ2) is 11.8. The van der Waals surface area contributed by atoms with Crippen molar-refractivity contribution in [3.63, 3.8) is 0 Å². The fourth-order valence-electron chi connectivity index (χ4n) is 5.66. The number of hydrogen-bond acceptors (Lipinski definition) is 3. The van der Waals surface area contributed by atoms with Crippen LogP contribution in [0.25, 0.3) is 0 Å². The Hall–Kier alpha value is -1.41. The summed E-state index contributed by atoms with van der Waals surface area (Å²) in [6.45, 7) is 7.61. The SMILES string of the molecule is C=CCCCCCN1C(=O)N=C(NC2CCCCC2)C12CCN(Cc1ccc(I)cc1)CC2. The summed E-state index contributed by atoms with van der Waals surface area (Å²) in [6.07, 6.45) is 14.6. The van der Waals surface area contributed by atoms with Crippen LogP contribution in [0.15, 0.2) is 41.9 Å². The van der Waals surface area contributed by atoms with E-state index in [1.54, 1.807) is 0 Å². The Balaban J connectivity index is 1.43. The molecule has 2 aliphatic heterocycles. The van der Waals surface area contributed by atoms with E-state index in [1.165, 1.54) is 41.2 Å². The van der Waals surface area contributed by atoms with Crippen molar-refractivity contribution < 1.29 is 4.79 Å². The molecule has 6 heteroatoms. The Morgan fingerprint density at radius 2 is 1.82 bits per heavy atom. The zero-order chi connectivity index (χ0) is 23.1. The molecule has 0 unspecified atom stereocenters. The maximum atomic E-state index is 13.1. The number of carbonyl (C=O) groups is 1. The normalized spacial score (nSPS) is 21.4. The molecule has 2 heterocycles. The van der Waals surface area contributed by atoms with Gasteiger partial charge in [-0.3, -0.25) is 4.90 Å². The van der Waals surface area contributed by atoms with Crippen LogP contribution in [0.2, 0.25) is 0 Å². The molecule has 1 aliphatic carbocycles. The lowest BCUT2D eigenvalue weighted by Gasteiger charge is -2.46. The van der Waals surface area contributed by atoms with Crippen molar-refractivity contribution in [2.45, 2.75) is 88.8 Å². The van der Waals surface area contributed by atoms with Gasteiger partial charge in [-0.25, -0.2) is 4.79 Å². The summed E-state index contributed by atoms with van der Waals surface area (Å²) in [4.78, 5) is 22.4. The average molecular weight is 563 g/mol. The Kier molecular flexibility index (Phi) is 8.85. The van der Waals surface area contributed by atoms with Gasteiger partial charge < -0.3 is 10.2 Å². The number of nitrogens with zero attached hydrogens (tertiary/aromatic N) is 3. The number of likely N-dealkylation sites (tertiary alicyclic amines) is 1. The fraction of sp³-hybridized carbons (Fsp3) is 0.630. The third-order valence-electron chi connectivity index (χ3n) is 7.63. The minimum atomic E-state index is -0.241. The maximum Gasteiger partial charge on any atom is 0.346 e. The first-order valence-corrected chi connectivity index (χ1v) is 13.9. The molecule has 33 heavy (non-hydrogen) atoms. The van der Waals surface area contributed by atoms with E-state index in [9.17, 15) is 4.79 Å². The quantitative estimate of drug-likeness (QED) is 0.224. The predicted octanol–water partition coefficient (Wildman–Crippen LogP) is 6.13. The lowest BCUT2D eigenvalue weighted by Crippen LogP contribution is -2.61. The largest absolute Gasteiger partial charge is 0.369 e. The fourth-order valence-corrected chi connectivity index (χ4v) is 6.02. The number of nitrogens with one attached hydrogen (secondary N) is 1. The Bertz CT molecular complexity index is 823. The Labute approximate surface area is 213 Å². The molecular formula is C27H39IN4O. The molecule has 1 saturated heterocycles. The van der Waals surface area contributed by atoms with Gasteiger partial charge in [0, 0.05) is 35.8 Å². The highest BCUT2D eigenvalue weighted by atomic mass is 127. The molecule has 2 amide bonds. The van der Waals surface area contributed by atoms with Gasteiger partial charge in [0.25, 0.3) is 0 Å². The molecule has 1 N–H and O–H groups in total. The molecule has 180 valence electrons. The molecule has 1 saturated carbocycles. The number of rotatable bonds is 9. The van der Waals surface area contributed by atoms with E-state index in [0.29, 0.717) is 6.04 Å². The topological polar surface area (TPSA) is 47.9 Å². The summed E-state index contributed by atoms with van der Waals surface area (Å²) in [5.41, 5.74) is 1.12. The van der Waals surface area contributed by atoms with Crippen LogP contribution in [0.3, 0.4) is 0 Å². The predicted molar refractivity (Wildman–Crippen MR) is 145 cm³/mol. The highest BCUT2D eigenvalue weighted by Gasteiger charge is 2.51. The molecule has 4 rings (SSSR count). The number of piperidine rings is 1. The number of carbonyl (C=O) groups excluding carboxylic acids is 1. The number of hydrogen-bond donors (Lipinski definition) is 1. The zero-order valence-electron chi connectivity index (χ0n) is 19.9. The standard InChI is InChI=1S/C27H39IN4O/c1-2-3-4-5-9-18-32-26(33)30-25(29-24-10-7-6-8-11-24)27(32)16-19-31(20-17-27)21-22-12-14-23(28)15-13-22/h2,12-15,24H,1,3-11,16-21H2,(H,29,30,33). The molecule has 0 aromatic heterocycles. The molecule has 5 nitrogen and oxygen atoms in total. The van der Waals surface area contributed by atoms with Crippen molar-refractivity contribution in [1.82, 2.24) is 15.1 Å². The van der Waals surface area contributed by atoms with E-state index in [4.69, 9.17) is 0 Å². The molecule has 0 atom stereocenters. The smallest absolute Gasteiger partial charge is 0.346 e. The van der Waals surface area contributed by atoms with Gasteiger partial charge in [0.2, 0.25) is 0 Å². The van der Waals surface area contributed by atoms with Crippen LogP contribution in [0, 0.1) is 3.57 Å². The summed E-state index contributed by atoms with van der Waals surface area (Å²) in [7, 11) is 0. The number of halogens is 1. The summed E-state index contributed by atoms with van der Waals surface area (Å²) in [6, 6.07) is 9.28. The summed E-state index contributed by atoms with van der Waals surface area (Å²) < 4.78 is 1.27. The summed E-state index contributed by atoms with van der Waals surface area (Å²) >= 11 is 2.36. The number of benzene rings is 1. The van der Waals surface area contributed by atoms with Gasteiger partial charge in [0.15, 0.2) is 0 Å². The number of allylic oxidation sites excluding steroid dienone is 1. The molecule has 1 aromatic rings. The average Bonchev–Trinajstić information content (AvgIpc) is 3.07. The van der Waals surface area contributed by atoms with Gasteiger partial charge in [0.05, 0.1) is 0 Å². The van der Waals surface area contributed by atoms with Crippen LogP contribution in [-0.2, 0) is 6.54 Å². The van der Waals surface area contributed by atoms with Crippen molar-refractivity contribution in [1.29, 1.82) is 0 Å². The third-order valence-corrected chi connectivity index (χ3v) is 8.35. The monoisotopic (exact) mass is 562 g/mol. The first kappa shape index (κ1) is 24.7. The molecule has 2 fully saturated rings. The highest BCUT2D eigenvalue weighted by molar-refractivity contribution is 14.1. The summed E-state index contributed by atoms with van der Waals surface area (Å²) in [5.74, 6) is 0.972. The number of urea groups is 1. The molecule has 0 radical (unpaired) electrons. The molecule has 1 spiro atoms. The van der Waals surface area contributed by atoms with Gasteiger partial charge >= 0.3 is 6.03 Å². The second-order valence-electron chi connectivity index (χ2n) is 9.95. The zero-order valence-corrected chi connectivity index (χ0v) is 22.1. The van der Waals surface area contributed by atoms with Gasteiger partial charge in [-0.05, 0) is 85.2 Å². The van der Waals surface area contributed by atoms with E-state index in [0.717, 1.165) is 70.5 Å². The number of amides is 2. The van der Waals surface area contributed by atoms with Gasteiger partial charge in [-0.15, -0.1) is 6.58 Å². The highest BCUT2D eigenvalue weighted by Crippen LogP contribution is 2.36. The van der Waals surface area contributed by atoms with E-state index >= 15 is 0 Å². The third kappa shape index (κ3) is 6.18. The number of aliphatic imine (C=N–C) groups is 1. The molecule has 0 bridgehead atoms. The minimum Gasteiger partial charge on any atom is -0.369 e. The second-order valence-corrected chi connectivity index (χ2v) is 11.2. The number of amidine groups is 1. The maximum absolute atomic E-state index is 13.1. The first-order chi connectivity index (χ1) is 16.1. The first-order valence-electron chi connectivity index (χ1n) is 12.9. The van der Waals surface area contributed by atoms with Crippen molar-refractivity contribution in [2.75, 3.05) is 19.6 Å². The van der Waals surface area contributed by atoms with Crippen molar-refractivity contribution >= 4 is 34.5 Å². The van der Waals surface area contributed by atoms with Crippen LogP contribution >= 0.6 is 22.6 Å². The lowest BCUT2D eigenvalue weighted by atomic mass is 9.83. The van der Waals surface area contributed by atoms with Gasteiger partial charge in [-0.2, -0.15) is 4.99 Å². The lowest BCUT2D eigenvalue weighted by molar-refractivity contribution is 0.0942. The van der Waals surface area contributed by atoms with E-state index in [-0.39, 0.29) is 11.6 Å².